The second-order valence-corrected chi connectivity index (χ2v) is 3.79. The summed E-state index contributed by atoms with van der Waals surface area (Å²) in [5.41, 5.74) is 0. The van der Waals surface area contributed by atoms with Crippen LogP contribution < -0.4 is 0 Å². The Hall–Kier alpha value is -0.520. The lowest BCUT2D eigenvalue weighted by Gasteiger charge is -2.07. The topological polar surface area (TPSA) is 36.3 Å². The Morgan fingerprint density at radius 1 is 1.62 bits per heavy atom. The molecule has 0 spiro atoms. The molecule has 0 unspecified atom stereocenters. The molecule has 72 valence electrons. The standard InChI is InChI=1S/C8H12N2O2S/c1-10-3-2-9-8(10)13-6-7-11-4-5-12-7/h2-3,7H,4-6H2,1H3. The van der Waals surface area contributed by atoms with Crippen molar-refractivity contribution in [3.63, 3.8) is 0 Å². The first-order valence-electron chi connectivity index (χ1n) is 4.19. The van der Waals surface area contributed by atoms with Gasteiger partial charge in [0.15, 0.2) is 11.4 Å². The molecule has 0 aliphatic carbocycles. The van der Waals surface area contributed by atoms with Crippen molar-refractivity contribution < 1.29 is 9.47 Å². The van der Waals surface area contributed by atoms with Crippen molar-refractivity contribution in [3.05, 3.63) is 12.4 Å². The molecule has 13 heavy (non-hydrogen) atoms. The monoisotopic (exact) mass is 200 g/mol. The van der Waals surface area contributed by atoms with Gasteiger partial charge in [-0.1, -0.05) is 11.8 Å². The summed E-state index contributed by atoms with van der Waals surface area (Å²) < 4.78 is 12.6. The maximum atomic E-state index is 5.31. The fourth-order valence-corrected chi connectivity index (χ4v) is 2.01. The van der Waals surface area contributed by atoms with E-state index in [1.165, 1.54) is 0 Å². The molecule has 1 aromatic rings. The van der Waals surface area contributed by atoms with Gasteiger partial charge < -0.3 is 14.0 Å². The molecule has 1 aliphatic rings. The number of hydrogen-bond donors (Lipinski definition) is 0. The van der Waals surface area contributed by atoms with Crippen LogP contribution in [0.15, 0.2) is 17.6 Å². The summed E-state index contributed by atoms with van der Waals surface area (Å²) in [6.07, 6.45) is 3.67. The summed E-state index contributed by atoms with van der Waals surface area (Å²) in [6.45, 7) is 1.43. The third-order valence-electron chi connectivity index (χ3n) is 1.82. The number of hydrogen-bond acceptors (Lipinski definition) is 4. The van der Waals surface area contributed by atoms with Crippen LogP contribution in [0.25, 0.3) is 0 Å². The van der Waals surface area contributed by atoms with Crippen LogP contribution in [-0.4, -0.2) is 34.8 Å². The van der Waals surface area contributed by atoms with E-state index < -0.39 is 0 Å². The SMILES string of the molecule is Cn1ccnc1SCC1OCCO1. The van der Waals surface area contributed by atoms with E-state index in [1.54, 1.807) is 18.0 Å². The zero-order valence-corrected chi connectivity index (χ0v) is 8.29. The zero-order chi connectivity index (χ0) is 9.10. The van der Waals surface area contributed by atoms with Crippen LogP contribution in [0.5, 0.6) is 0 Å². The van der Waals surface area contributed by atoms with Crippen LogP contribution in [0.1, 0.15) is 0 Å². The van der Waals surface area contributed by atoms with Gasteiger partial charge >= 0.3 is 0 Å². The Bertz CT molecular complexity index is 271. The van der Waals surface area contributed by atoms with Crippen LogP contribution in [0.4, 0.5) is 0 Å². The Balaban J connectivity index is 1.82. The fraction of sp³-hybridized carbons (Fsp3) is 0.625. The Morgan fingerprint density at radius 2 is 2.38 bits per heavy atom. The summed E-state index contributed by atoms with van der Waals surface area (Å²) >= 11 is 1.65. The zero-order valence-electron chi connectivity index (χ0n) is 7.47. The summed E-state index contributed by atoms with van der Waals surface area (Å²) in [6, 6.07) is 0. The average molecular weight is 200 g/mol. The van der Waals surface area contributed by atoms with Gasteiger partial charge in [0.05, 0.1) is 19.0 Å². The second kappa shape index (κ2) is 4.13. The van der Waals surface area contributed by atoms with Crippen LogP contribution in [0.2, 0.25) is 0 Å². The molecular weight excluding hydrogens is 188 g/mol. The maximum Gasteiger partial charge on any atom is 0.167 e. The van der Waals surface area contributed by atoms with Gasteiger partial charge in [-0.3, -0.25) is 0 Å². The summed E-state index contributed by atoms with van der Waals surface area (Å²) in [4.78, 5) is 4.19. The van der Waals surface area contributed by atoms with Gasteiger partial charge in [0.2, 0.25) is 0 Å². The average Bonchev–Trinajstić information content (AvgIpc) is 2.72. The number of imidazole rings is 1. The fourth-order valence-electron chi connectivity index (χ4n) is 1.14. The van der Waals surface area contributed by atoms with E-state index in [1.807, 2.05) is 17.8 Å². The first-order valence-corrected chi connectivity index (χ1v) is 5.18. The molecule has 4 nitrogen and oxygen atoms in total. The summed E-state index contributed by atoms with van der Waals surface area (Å²) in [5, 5.41) is 0.999. The van der Waals surface area contributed by atoms with Gasteiger partial charge in [0, 0.05) is 19.4 Å². The first kappa shape index (κ1) is 9.05. The van der Waals surface area contributed by atoms with Crippen molar-refractivity contribution in [1.29, 1.82) is 0 Å². The van der Waals surface area contributed by atoms with Crippen LogP contribution in [-0.2, 0) is 16.5 Å². The lowest BCUT2D eigenvalue weighted by molar-refractivity contribution is -0.0215. The molecule has 2 rings (SSSR count). The number of aryl methyl sites for hydroxylation is 1. The predicted octanol–water partition coefficient (Wildman–Crippen LogP) is 0.885. The molecule has 1 aromatic heterocycles. The minimum Gasteiger partial charge on any atom is -0.349 e. The van der Waals surface area contributed by atoms with E-state index in [0.717, 1.165) is 10.9 Å². The van der Waals surface area contributed by atoms with E-state index in [2.05, 4.69) is 4.98 Å². The highest BCUT2D eigenvalue weighted by atomic mass is 32.2. The molecule has 0 amide bonds. The van der Waals surface area contributed by atoms with Crippen molar-refractivity contribution in [2.45, 2.75) is 11.4 Å². The van der Waals surface area contributed by atoms with Crippen LogP contribution in [0, 0.1) is 0 Å². The number of thioether (sulfide) groups is 1. The van der Waals surface area contributed by atoms with E-state index in [-0.39, 0.29) is 6.29 Å². The minimum atomic E-state index is -0.0540. The largest absolute Gasteiger partial charge is 0.349 e. The molecule has 1 aliphatic heterocycles. The number of rotatable bonds is 3. The molecule has 0 N–H and O–H groups in total. The van der Waals surface area contributed by atoms with Crippen molar-refractivity contribution in [1.82, 2.24) is 9.55 Å². The molecule has 0 atom stereocenters. The van der Waals surface area contributed by atoms with Crippen LogP contribution >= 0.6 is 11.8 Å². The van der Waals surface area contributed by atoms with Crippen molar-refractivity contribution in [3.8, 4) is 0 Å². The van der Waals surface area contributed by atoms with Gasteiger partial charge in [-0.2, -0.15) is 0 Å². The molecule has 1 fully saturated rings. The van der Waals surface area contributed by atoms with Crippen molar-refractivity contribution in [2.75, 3.05) is 19.0 Å². The number of aromatic nitrogens is 2. The van der Waals surface area contributed by atoms with Gasteiger partial charge in [0.25, 0.3) is 0 Å². The van der Waals surface area contributed by atoms with Crippen molar-refractivity contribution >= 4 is 11.8 Å². The highest BCUT2D eigenvalue weighted by molar-refractivity contribution is 7.99. The molecule has 2 heterocycles. The third kappa shape index (κ3) is 2.24. The molecule has 0 radical (unpaired) electrons. The Kier molecular flexibility index (Phi) is 2.87. The quantitative estimate of drug-likeness (QED) is 0.679. The van der Waals surface area contributed by atoms with E-state index in [0.29, 0.717) is 13.2 Å². The van der Waals surface area contributed by atoms with Crippen molar-refractivity contribution in [2.24, 2.45) is 7.05 Å². The Labute approximate surface area is 81.2 Å². The van der Waals surface area contributed by atoms with E-state index in [4.69, 9.17) is 9.47 Å². The highest BCUT2D eigenvalue weighted by Gasteiger charge is 2.16. The van der Waals surface area contributed by atoms with Gasteiger partial charge in [-0.15, -0.1) is 0 Å². The minimum absolute atomic E-state index is 0.0540. The molecule has 1 saturated heterocycles. The lowest BCUT2D eigenvalue weighted by atomic mass is 10.8. The third-order valence-corrected chi connectivity index (χ3v) is 2.91. The number of nitrogens with zero attached hydrogens (tertiary/aromatic N) is 2. The first-order chi connectivity index (χ1) is 6.36. The van der Waals surface area contributed by atoms with E-state index >= 15 is 0 Å². The summed E-state index contributed by atoms with van der Waals surface area (Å²) in [5.74, 6) is 0.810. The molecule has 0 aromatic carbocycles. The predicted molar refractivity (Wildman–Crippen MR) is 49.6 cm³/mol. The normalized spacial score (nSPS) is 18.2. The van der Waals surface area contributed by atoms with Gasteiger partial charge in [-0.05, 0) is 0 Å². The molecule has 0 bridgehead atoms. The second-order valence-electron chi connectivity index (χ2n) is 2.80. The number of ether oxygens (including phenoxy) is 2. The molecule has 5 heteroatoms. The lowest BCUT2D eigenvalue weighted by Crippen LogP contribution is -2.11. The maximum absolute atomic E-state index is 5.31. The summed E-state index contributed by atoms with van der Waals surface area (Å²) in [7, 11) is 1.98. The van der Waals surface area contributed by atoms with E-state index in [9.17, 15) is 0 Å². The van der Waals surface area contributed by atoms with Gasteiger partial charge in [-0.25, -0.2) is 4.98 Å². The molecule has 0 saturated carbocycles. The highest BCUT2D eigenvalue weighted by Crippen LogP contribution is 2.18. The smallest absolute Gasteiger partial charge is 0.167 e. The molecular formula is C8H12N2O2S. The van der Waals surface area contributed by atoms with Gasteiger partial charge in [0.1, 0.15) is 0 Å². The van der Waals surface area contributed by atoms with Crippen LogP contribution in [0.3, 0.4) is 0 Å². The Morgan fingerprint density at radius 3 is 3.00 bits per heavy atom.